The maximum absolute atomic E-state index is 2.32. The summed E-state index contributed by atoms with van der Waals surface area (Å²) in [5, 5.41) is 0. The quantitative estimate of drug-likeness (QED) is 0.455. The highest BCUT2D eigenvalue weighted by molar-refractivity contribution is 5.14. The average Bonchev–Trinajstić information content (AvgIpc) is 1.83. The van der Waals surface area contributed by atoms with Gasteiger partial charge in [0.25, 0.3) is 0 Å². The fourth-order valence-corrected chi connectivity index (χ4v) is 1.06. The predicted octanol–water partition coefficient (Wildman–Crippen LogP) is 2.61. The normalized spacial score (nSPS) is 44.1. The molecule has 0 radical (unpaired) electrons. The lowest BCUT2D eigenvalue weighted by Gasteiger charge is -2.37. The van der Waals surface area contributed by atoms with Gasteiger partial charge in [-0.05, 0) is 17.8 Å². The van der Waals surface area contributed by atoms with Crippen molar-refractivity contribution in [2.45, 2.75) is 27.2 Å². The summed E-state index contributed by atoms with van der Waals surface area (Å²) in [5.74, 6) is 0.812. The number of hydrogen-bond donors (Lipinski definition) is 0. The molecule has 0 fully saturated rings. The molecule has 0 aromatic carbocycles. The molecule has 0 heterocycles. The van der Waals surface area contributed by atoms with E-state index in [0.717, 1.165) is 5.92 Å². The number of hydrogen-bond acceptors (Lipinski definition) is 0. The Kier molecular flexibility index (Phi) is 1.18. The molecule has 2 unspecified atom stereocenters. The van der Waals surface area contributed by atoms with Gasteiger partial charge < -0.3 is 0 Å². The van der Waals surface area contributed by atoms with Gasteiger partial charge in [0.05, 0.1) is 0 Å². The molecule has 0 spiro atoms. The molecule has 0 aliphatic heterocycles. The van der Waals surface area contributed by atoms with Crippen molar-refractivity contribution in [2.24, 2.45) is 11.3 Å². The van der Waals surface area contributed by atoms with Crippen LogP contribution in [0.3, 0.4) is 0 Å². The van der Waals surface area contributed by atoms with Crippen molar-refractivity contribution in [1.29, 1.82) is 0 Å². The number of allylic oxidation sites excluding steroid dienone is 2. The van der Waals surface area contributed by atoms with Crippen LogP contribution in [0.15, 0.2) is 12.2 Å². The van der Waals surface area contributed by atoms with Crippen molar-refractivity contribution in [3.05, 3.63) is 12.2 Å². The highest BCUT2D eigenvalue weighted by Gasteiger charge is 2.30. The van der Waals surface area contributed by atoms with Gasteiger partial charge in [0.2, 0.25) is 0 Å². The summed E-state index contributed by atoms with van der Waals surface area (Å²) in [6.45, 7) is 6.85. The third-order valence-electron chi connectivity index (χ3n) is 2.57. The van der Waals surface area contributed by atoms with E-state index < -0.39 is 0 Å². The molecule has 0 bridgehead atoms. The Balaban J connectivity index is 2.59. The Bertz CT molecular complexity index is 113. The lowest BCUT2D eigenvalue weighted by molar-refractivity contribution is 0.274. The summed E-state index contributed by atoms with van der Waals surface area (Å²) in [6, 6.07) is 0. The van der Waals surface area contributed by atoms with E-state index in [1.165, 1.54) is 6.42 Å². The van der Waals surface area contributed by atoms with E-state index in [1.807, 2.05) is 0 Å². The molecule has 46 valence electrons. The third-order valence-corrected chi connectivity index (χ3v) is 2.57. The van der Waals surface area contributed by atoms with Gasteiger partial charge in [0, 0.05) is 0 Å². The first-order valence-corrected chi connectivity index (χ1v) is 3.38. The second kappa shape index (κ2) is 1.61. The monoisotopic (exact) mass is 110 g/mol. The minimum absolute atomic E-state index is 0.542. The van der Waals surface area contributed by atoms with Crippen LogP contribution in [0.2, 0.25) is 0 Å². The first-order valence-electron chi connectivity index (χ1n) is 3.38. The van der Waals surface area contributed by atoms with Crippen LogP contribution in [-0.4, -0.2) is 0 Å². The standard InChI is InChI=1S/C8H14/c1-4-8(3)6-5-7(8)2/h5-7H,4H2,1-3H3. The molecule has 0 aromatic heterocycles. The molecule has 0 aromatic rings. The van der Waals surface area contributed by atoms with Crippen molar-refractivity contribution >= 4 is 0 Å². The molecule has 0 N–H and O–H groups in total. The highest BCUT2D eigenvalue weighted by Crippen LogP contribution is 2.40. The zero-order valence-electron chi connectivity index (χ0n) is 5.94. The molecule has 2 atom stereocenters. The largest absolute Gasteiger partial charge is 0.0843 e. The molecule has 1 rings (SSSR count). The summed E-state index contributed by atoms with van der Waals surface area (Å²) in [6.07, 6.45) is 5.88. The summed E-state index contributed by atoms with van der Waals surface area (Å²) in [7, 11) is 0. The van der Waals surface area contributed by atoms with Crippen LogP contribution in [0.25, 0.3) is 0 Å². The minimum Gasteiger partial charge on any atom is -0.0843 e. The fourth-order valence-electron chi connectivity index (χ4n) is 1.06. The summed E-state index contributed by atoms with van der Waals surface area (Å²) in [4.78, 5) is 0. The van der Waals surface area contributed by atoms with Crippen molar-refractivity contribution < 1.29 is 0 Å². The third kappa shape index (κ3) is 0.594. The second-order valence-corrected chi connectivity index (χ2v) is 3.01. The van der Waals surface area contributed by atoms with Gasteiger partial charge in [0.15, 0.2) is 0 Å². The van der Waals surface area contributed by atoms with Crippen LogP contribution in [0.1, 0.15) is 27.2 Å². The van der Waals surface area contributed by atoms with Crippen LogP contribution in [0, 0.1) is 11.3 Å². The summed E-state index contributed by atoms with van der Waals surface area (Å²) < 4.78 is 0. The van der Waals surface area contributed by atoms with Crippen molar-refractivity contribution in [1.82, 2.24) is 0 Å². The van der Waals surface area contributed by atoms with E-state index in [2.05, 4.69) is 32.9 Å². The van der Waals surface area contributed by atoms with E-state index >= 15 is 0 Å². The van der Waals surface area contributed by atoms with Crippen LogP contribution in [-0.2, 0) is 0 Å². The Hall–Kier alpha value is -0.260. The molecule has 1 aliphatic carbocycles. The van der Waals surface area contributed by atoms with Gasteiger partial charge in [-0.25, -0.2) is 0 Å². The van der Waals surface area contributed by atoms with Crippen LogP contribution in [0.5, 0.6) is 0 Å². The Morgan fingerprint density at radius 1 is 1.62 bits per heavy atom. The van der Waals surface area contributed by atoms with E-state index in [9.17, 15) is 0 Å². The summed E-state index contributed by atoms with van der Waals surface area (Å²) >= 11 is 0. The van der Waals surface area contributed by atoms with E-state index in [0.29, 0.717) is 5.41 Å². The predicted molar refractivity (Wildman–Crippen MR) is 36.7 cm³/mol. The number of rotatable bonds is 1. The SMILES string of the molecule is CCC1(C)C=CC1C. The van der Waals surface area contributed by atoms with Crippen LogP contribution < -0.4 is 0 Å². The molecule has 0 saturated heterocycles. The zero-order chi connectivity index (χ0) is 6.20. The first kappa shape index (κ1) is 5.87. The first-order chi connectivity index (χ1) is 3.69. The Morgan fingerprint density at radius 2 is 2.25 bits per heavy atom. The van der Waals surface area contributed by atoms with Crippen LogP contribution >= 0.6 is 0 Å². The van der Waals surface area contributed by atoms with Crippen LogP contribution in [0.4, 0.5) is 0 Å². The Morgan fingerprint density at radius 3 is 2.25 bits per heavy atom. The van der Waals surface area contributed by atoms with Gasteiger partial charge in [-0.3, -0.25) is 0 Å². The van der Waals surface area contributed by atoms with Crippen molar-refractivity contribution in [3.8, 4) is 0 Å². The molecular weight excluding hydrogens is 96.1 g/mol. The lowest BCUT2D eigenvalue weighted by Crippen LogP contribution is -2.27. The Labute approximate surface area is 51.6 Å². The molecular formula is C8H14. The molecule has 8 heavy (non-hydrogen) atoms. The van der Waals surface area contributed by atoms with Gasteiger partial charge in [-0.15, -0.1) is 0 Å². The summed E-state index contributed by atoms with van der Waals surface area (Å²) in [5.41, 5.74) is 0.542. The highest BCUT2D eigenvalue weighted by atomic mass is 14.3. The zero-order valence-corrected chi connectivity index (χ0v) is 5.94. The fraction of sp³-hybridized carbons (Fsp3) is 0.750. The topological polar surface area (TPSA) is 0 Å². The molecule has 0 nitrogen and oxygen atoms in total. The molecule has 0 saturated carbocycles. The van der Waals surface area contributed by atoms with Gasteiger partial charge in [0.1, 0.15) is 0 Å². The maximum atomic E-state index is 2.32. The minimum atomic E-state index is 0.542. The van der Waals surface area contributed by atoms with Gasteiger partial charge in [-0.2, -0.15) is 0 Å². The smallest absolute Gasteiger partial charge is 0.00889 e. The average molecular weight is 110 g/mol. The molecule has 0 amide bonds. The second-order valence-electron chi connectivity index (χ2n) is 3.01. The van der Waals surface area contributed by atoms with E-state index in [1.54, 1.807) is 0 Å². The molecule has 1 aliphatic rings. The van der Waals surface area contributed by atoms with Gasteiger partial charge >= 0.3 is 0 Å². The van der Waals surface area contributed by atoms with E-state index in [-0.39, 0.29) is 0 Å². The van der Waals surface area contributed by atoms with E-state index in [4.69, 9.17) is 0 Å². The van der Waals surface area contributed by atoms with Crippen molar-refractivity contribution in [3.63, 3.8) is 0 Å². The lowest BCUT2D eigenvalue weighted by atomic mass is 9.68. The van der Waals surface area contributed by atoms with Crippen molar-refractivity contribution in [2.75, 3.05) is 0 Å². The van der Waals surface area contributed by atoms with Gasteiger partial charge in [-0.1, -0.05) is 32.9 Å². The maximum Gasteiger partial charge on any atom is -0.00889 e. The molecule has 0 heteroatoms.